The number of rotatable bonds is 5. The Kier molecular flexibility index (Phi) is 4.57. The maximum absolute atomic E-state index is 13.0. The number of hydrogen-bond donors (Lipinski definition) is 1. The molecule has 0 spiro atoms. The molecule has 1 saturated heterocycles. The van der Waals surface area contributed by atoms with Gasteiger partial charge in [0.25, 0.3) is 5.91 Å². The summed E-state index contributed by atoms with van der Waals surface area (Å²) in [6.07, 6.45) is 1.14. The van der Waals surface area contributed by atoms with E-state index in [1.807, 2.05) is 34.6 Å². The van der Waals surface area contributed by atoms with Crippen LogP contribution < -0.4 is 5.32 Å². The Hall–Kier alpha value is -2.37. The van der Waals surface area contributed by atoms with Crippen molar-refractivity contribution in [3.8, 4) is 0 Å². The van der Waals surface area contributed by atoms with Crippen molar-refractivity contribution in [3.05, 3.63) is 29.8 Å². The second kappa shape index (κ2) is 6.36. The molecule has 2 unspecified atom stereocenters. The quantitative estimate of drug-likeness (QED) is 0.798. The van der Waals surface area contributed by atoms with E-state index in [0.29, 0.717) is 30.7 Å². The first-order valence-electron chi connectivity index (χ1n) is 9.35. The number of hydrogen-bond acceptors (Lipinski definition) is 5. The van der Waals surface area contributed by atoms with Gasteiger partial charge in [0, 0.05) is 11.1 Å². The summed E-state index contributed by atoms with van der Waals surface area (Å²) >= 11 is 0. The third kappa shape index (κ3) is 2.82. The Balaban J connectivity index is 1.72. The van der Waals surface area contributed by atoms with E-state index in [2.05, 4.69) is 5.32 Å². The largest absolute Gasteiger partial charge is 0.462 e. The van der Waals surface area contributed by atoms with Crippen LogP contribution >= 0.6 is 0 Å². The Morgan fingerprint density at radius 1 is 1.15 bits per heavy atom. The molecule has 1 aromatic rings. The van der Waals surface area contributed by atoms with Gasteiger partial charge in [0.15, 0.2) is 5.60 Å². The van der Waals surface area contributed by atoms with Crippen molar-refractivity contribution in [3.63, 3.8) is 0 Å². The van der Waals surface area contributed by atoms with Gasteiger partial charge < -0.3 is 14.8 Å². The van der Waals surface area contributed by atoms with E-state index in [1.165, 1.54) is 0 Å². The molecular formula is C21H27NO5. The van der Waals surface area contributed by atoms with Crippen LogP contribution in [0.15, 0.2) is 24.3 Å². The molecular weight excluding hydrogens is 346 g/mol. The highest BCUT2D eigenvalue weighted by molar-refractivity contribution is 6.03. The van der Waals surface area contributed by atoms with E-state index >= 15 is 0 Å². The molecule has 2 aliphatic rings. The SMILES string of the molecule is CC(C)COC(=O)c1ccc(NC(=O)C23CCC(C)(C(=O)O2)C3(C)C)cc1. The van der Waals surface area contributed by atoms with Crippen molar-refractivity contribution >= 4 is 23.5 Å². The van der Waals surface area contributed by atoms with Crippen LogP contribution in [0.5, 0.6) is 0 Å². The monoisotopic (exact) mass is 373 g/mol. The van der Waals surface area contributed by atoms with Gasteiger partial charge in [-0.25, -0.2) is 4.79 Å². The predicted molar refractivity (Wildman–Crippen MR) is 100 cm³/mol. The van der Waals surface area contributed by atoms with Crippen LogP contribution in [-0.4, -0.2) is 30.1 Å². The van der Waals surface area contributed by atoms with E-state index in [1.54, 1.807) is 24.3 Å². The van der Waals surface area contributed by atoms with Gasteiger partial charge in [-0.2, -0.15) is 0 Å². The van der Waals surface area contributed by atoms with E-state index < -0.39 is 22.4 Å². The maximum atomic E-state index is 13.0. The van der Waals surface area contributed by atoms with E-state index in [4.69, 9.17) is 9.47 Å². The average molecular weight is 373 g/mol. The summed E-state index contributed by atoms with van der Waals surface area (Å²) < 4.78 is 10.8. The molecule has 146 valence electrons. The second-order valence-electron chi connectivity index (χ2n) is 8.70. The highest BCUT2D eigenvalue weighted by Gasteiger charge is 2.75. The van der Waals surface area contributed by atoms with Gasteiger partial charge in [-0.3, -0.25) is 9.59 Å². The fraction of sp³-hybridized carbons (Fsp3) is 0.571. The lowest BCUT2D eigenvalue weighted by atomic mass is 9.66. The average Bonchev–Trinajstić information content (AvgIpc) is 2.90. The summed E-state index contributed by atoms with van der Waals surface area (Å²) in [7, 11) is 0. The maximum Gasteiger partial charge on any atom is 0.338 e. The first kappa shape index (κ1) is 19.4. The second-order valence-corrected chi connectivity index (χ2v) is 8.70. The van der Waals surface area contributed by atoms with Gasteiger partial charge >= 0.3 is 11.9 Å². The minimum absolute atomic E-state index is 0.265. The number of carbonyl (C=O) groups excluding carboxylic acids is 3. The normalized spacial score (nSPS) is 28.1. The number of nitrogens with one attached hydrogen (secondary N) is 1. The van der Waals surface area contributed by atoms with Crippen LogP contribution in [0.1, 0.15) is 57.8 Å². The summed E-state index contributed by atoms with van der Waals surface area (Å²) in [4.78, 5) is 37.3. The summed E-state index contributed by atoms with van der Waals surface area (Å²) in [5.41, 5.74) is -1.43. The van der Waals surface area contributed by atoms with Crippen LogP contribution in [0.3, 0.4) is 0 Å². The number of carbonyl (C=O) groups is 3. The van der Waals surface area contributed by atoms with Gasteiger partial charge in [-0.15, -0.1) is 0 Å². The molecule has 1 aromatic carbocycles. The number of fused-ring (bicyclic) bond motifs is 2. The zero-order chi connectivity index (χ0) is 20.0. The molecule has 2 bridgehead atoms. The molecule has 1 N–H and O–H groups in total. The number of ether oxygens (including phenoxy) is 2. The highest BCUT2D eigenvalue weighted by atomic mass is 16.6. The van der Waals surface area contributed by atoms with E-state index in [0.717, 1.165) is 0 Å². The number of anilines is 1. The Morgan fingerprint density at radius 2 is 1.78 bits per heavy atom. The third-order valence-corrected chi connectivity index (χ3v) is 6.38. The van der Waals surface area contributed by atoms with Gasteiger partial charge in [0.1, 0.15) is 0 Å². The molecule has 2 fully saturated rings. The molecule has 1 saturated carbocycles. The van der Waals surface area contributed by atoms with E-state index in [9.17, 15) is 14.4 Å². The summed E-state index contributed by atoms with van der Waals surface area (Å²) in [6, 6.07) is 6.53. The number of benzene rings is 1. The lowest BCUT2D eigenvalue weighted by Crippen LogP contribution is -2.50. The molecule has 6 heteroatoms. The van der Waals surface area contributed by atoms with Crippen LogP contribution in [0.25, 0.3) is 0 Å². The Morgan fingerprint density at radius 3 is 2.26 bits per heavy atom. The molecule has 0 radical (unpaired) electrons. The van der Waals surface area contributed by atoms with Crippen molar-refractivity contribution in [2.45, 2.75) is 53.1 Å². The fourth-order valence-corrected chi connectivity index (χ4v) is 3.99. The minimum atomic E-state index is -1.16. The van der Waals surface area contributed by atoms with Crippen LogP contribution in [0, 0.1) is 16.7 Å². The van der Waals surface area contributed by atoms with Gasteiger partial charge in [-0.05, 0) is 49.9 Å². The Bertz CT molecular complexity index is 782. The van der Waals surface area contributed by atoms with Crippen molar-refractivity contribution in [2.24, 2.45) is 16.7 Å². The summed E-state index contributed by atoms with van der Waals surface area (Å²) in [6.45, 7) is 10.00. The third-order valence-electron chi connectivity index (χ3n) is 6.38. The lowest BCUT2D eigenvalue weighted by molar-refractivity contribution is -0.165. The zero-order valence-electron chi connectivity index (χ0n) is 16.5. The van der Waals surface area contributed by atoms with E-state index in [-0.39, 0.29) is 17.8 Å². The van der Waals surface area contributed by atoms with Crippen LogP contribution in [-0.2, 0) is 19.1 Å². The zero-order valence-corrected chi connectivity index (χ0v) is 16.5. The Labute approximate surface area is 159 Å². The smallest absolute Gasteiger partial charge is 0.338 e. The van der Waals surface area contributed by atoms with Crippen molar-refractivity contribution in [2.75, 3.05) is 11.9 Å². The number of esters is 2. The van der Waals surface area contributed by atoms with Crippen LogP contribution in [0.4, 0.5) is 5.69 Å². The first-order chi connectivity index (χ1) is 12.5. The molecule has 27 heavy (non-hydrogen) atoms. The molecule has 0 aromatic heterocycles. The molecule has 6 nitrogen and oxygen atoms in total. The molecule has 3 rings (SSSR count). The fourth-order valence-electron chi connectivity index (χ4n) is 3.99. The first-order valence-corrected chi connectivity index (χ1v) is 9.35. The molecule has 1 heterocycles. The number of amides is 1. The summed E-state index contributed by atoms with van der Waals surface area (Å²) in [5.74, 6) is -0.756. The molecule has 1 aliphatic carbocycles. The predicted octanol–water partition coefficient (Wildman–Crippen LogP) is 3.56. The molecule has 1 amide bonds. The summed E-state index contributed by atoms with van der Waals surface area (Å²) in [5, 5.41) is 2.84. The van der Waals surface area contributed by atoms with Gasteiger partial charge in [0.05, 0.1) is 17.6 Å². The van der Waals surface area contributed by atoms with Crippen LogP contribution in [0.2, 0.25) is 0 Å². The van der Waals surface area contributed by atoms with Crippen molar-refractivity contribution < 1.29 is 23.9 Å². The molecule has 2 atom stereocenters. The topological polar surface area (TPSA) is 81.7 Å². The lowest BCUT2D eigenvalue weighted by Gasteiger charge is -2.35. The van der Waals surface area contributed by atoms with Gasteiger partial charge in [0.2, 0.25) is 0 Å². The molecule has 1 aliphatic heterocycles. The standard InChI is InChI=1S/C21H27NO5/c1-13(2)12-26-16(23)14-6-8-15(9-7-14)22-17(24)21-11-10-20(5,18(25)27-21)19(21,3)4/h6-9,13H,10-12H2,1-5H3,(H,22,24). The van der Waals surface area contributed by atoms with Gasteiger partial charge in [-0.1, -0.05) is 27.7 Å². The van der Waals surface area contributed by atoms with Crippen molar-refractivity contribution in [1.29, 1.82) is 0 Å². The minimum Gasteiger partial charge on any atom is -0.462 e. The highest BCUT2D eigenvalue weighted by Crippen LogP contribution is 2.65. The van der Waals surface area contributed by atoms with Crippen molar-refractivity contribution in [1.82, 2.24) is 0 Å².